The molecule has 3 aromatic rings. The lowest BCUT2D eigenvalue weighted by Gasteiger charge is -2.34. The van der Waals surface area contributed by atoms with Gasteiger partial charge in [0, 0.05) is 43.1 Å². The second kappa shape index (κ2) is 13.2. The number of ether oxygens (including phenoxy) is 1. The van der Waals surface area contributed by atoms with Crippen molar-refractivity contribution in [3.63, 3.8) is 0 Å². The number of β-amino-alcohol motifs (C(OH)–C–C–N with tert-alkyl or cyclic N) is 1. The van der Waals surface area contributed by atoms with Crippen LogP contribution in [-0.2, 0) is 16.1 Å². The van der Waals surface area contributed by atoms with E-state index in [1.807, 2.05) is 50.2 Å². The molecule has 2 N–H and O–H groups in total. The van der Waals surface area contributed by atoms with Crippen LogP contribution in [0.25, 0.3) is 10.8 Å². The topological polar surface area (TPSA) is 102 Å². The molecule has 0 unspecified atom stereocenters. The number of carbonyl (C=O) groups excluding carboxylic acids is 3. The van der Waals surface area contributed by atoms with Crippen molar-refractivity contribution in [3.05, 3.63) is 70.2 Å². The Bertz CT molecular complexity index is 1470. The van der Waals surface area contributed by atoms with Gasteiger partial charge in [0.05, 0.1) is 24.4 Å². The molecule has 9 nitrogen and oxygen atoms in total. The summed E-state index contributed by atoms with van der Waals surface area (Å²) in [5, 5.41) is 14.2. The highest BCUT2D eigenvalue weighted by Crippen LogP contribution is 2.38. The molecule has 0 aromatic heterocycles. The summed E-state index contributed by atoms with van der Waals surface area (Å²) in [4.78, 5) is 46.4. The van der Waals surface area contributed by atoms with Crippen molar-refractivity contribution in [2.75, 3.05) is 50.8 Å². The molecule has 1 fully saturated rings. The Morgan fingerprint density at radius 3 is 2.50 bits per heavy atom. The Balaban J connectivity index is 1.52. The SMILES string of the molecule is CC[C@@H](C)C(=O)N[C@H]1COc2c(C(=O)N3CCN(CCO)CC3)cccc2N(Cc2ccc(Br)c3ccccc23)C1=O. The van der Waals surface area contributed by atoms with Gasteiger partial charge in [0.1, 0.15) is 12.6 Å². The molecule has 222 valence electrons. The van der Waals surface area contributed by atoms with E-state index in [2.05, 4.69) is 26.1 Å². The first-order valence-electron chi connectivity index (χ1n) is 14.5. The molecule has 3 amide bonds. The molecule has 0 spiro atoms. The Kier molecular flexibility index (Phi) is 9.45. The van der Waals surface area contributed by atoms with Gasteiger partial charge in [0.25, 0.3) is 11.8 Å². The fourth-order valence-corrected chi connectivity index (χ4v) is 5.97. The van der Waals surface area contributed by atoms with E-state index in [4.69, 9.17) is 4.74 Å². The van der Waals surface area contributed by atoms with Crippen molar-refractivity contribution in [3.8, 4) is 5.75 Å². The van der Waals surface area contributed by atoms with Crippen LogP contribution in [0.15, 0.2) is 59.1 Å². The molecule has 2 aliphatic rings. The van der Waals surface area contributed by atoms with Gasteiger partial charge in [-0.25, -0.2) is 0 Å². The van der Waals surface area contributed by atoms with Gasteiger partial charge in [-0.15, -0.1) is 0 Å². The second-order valence-corrected chi connectivity index (χ2v) is 11.7. The Labute approximate surface area is 254 Å². The van der Waals surface area contributed by atoms with E-state index in [1.165, 1.54) is 0 Å². The van der Waals surface area contributed by atoms with E-state index in [-0.39, 0.29) is 43.4 Å². The number of anilines is 1. The van der Waals surface area contributed by atoms with Crippen molar-refractivity contribution in [2.45, 2.75) is 32.9 Å². The van der Waals surface area contributed by atoms with Gasteiger partial charge in [-0.1, -0.05) is 66.2 Å². The van der Waals surface area contributed by atoms with Gasteiger partial charge in [-0.05, 0) is 41.0 Å². The standard InChI is InChI=1S/C32H37BrN4O5/c1-3-21(2)30(39)34-27-20-42-29-25(31(40)36-15-13-35(14-16-36)17-18-38)9-6-10-28(29)37(32(27)41)19-22-11-12-26(33)24-8-5-4-7-23(22)24/h4-12,21,27,38H,3,13-20H2,1-2H3,(H,34,39)/t21-,27+/m1/s1. The van der Waals surface area contributed by atoms with Gasteiger partial charge >= 0.3 is 0 Å². The molecule has 5 rings (SSSR count). The lowest BCUT2D eigenvalue weighted by Crippen LogP contribution is -2.51. The van der Waals surface area contributed by atoms with Crippen LogP contribution in [0.3, 0.4) is 0 Å². The molecule has 42 heavy (non-hydrogen) atoms. The number of aliphatic hydroxyl groups is 1. The summed E-state index contributed by atoms with van der Waals surface area (Å²) in [7, 11) is 0. The quantitative estimate of drug-likeness (QED) is 0.390. The molecule has 10 heteroatoms. The first kappa shape index (κ1) is 30.0. The molecule has 2 heterocycles. The minimum atomic E-state index is -0.911. The molecule has 2 atom stereocenters. The van der Waals surface area contributed by atoms with Crippen LogP contribution in [-0.4, -0.2) is 84.6 Å². The minimum absolute atomic E-state index is 0.0832. The number of nitrogens with one attached hydrogen (secondary N) is 1. The summed E-state index contributed by atoms with van der Waals surface area (Å²) in [6, 6.07) is 16.3. The molecule has 0 aliphatic carbocycles. The summed E-state index contributed by atoms with van der Waals surface area (Å²) in [6.45, 7) is 6.98. The predicted octanol–water partition coefficient (Wildman–Crippen LogP) is 3.81. The lowest BCUT2D eigenvalue weighted by molar-refractivity contribution is -0.130. The summed E-state index contributed by atoms with van der Waals surface area (Å²) in [6.07, 6.45) is 0.645. The van der Waals surface area contributed by atoms with E-state index >= 15 is 0 Å². The summed E-state index contributed by atoms with van der Waals surface area (Å²) >= 11 is 3.63. The molecule has 0 bridgehead atoms. The smallest absolute Gasteiger partial charge is 0.257 e. The number of aliphatic hydroxyl groups excluding tert-OH is 1. The second-order valence-electron chi connectivity index (χ2n) is 10.9. The van der Waals surface area contributed by atoms with E-state index in [0.29, 0.717) is 56.1 Å². The van der Waals surface area contributed by atoms with Crippen molar-refractivity contribution >= 4 is 50.1 Å². The number of benzene rings is 3. The fourth-order valence-electron chi connectivity index (χ4n) is 5.49. The maximum Gasteiger partial charge on any atom is 0.257 e. The number of hydrogen-bond acceptors (Lipinski definition) is 6. The van der Waals surface area contributed by atoms with Crippen molar-refractivity contribution in [1.29, 1.82) is 0 Å². The number of carbonyl (C=O) groups is 3. The summed E-state index contributed by atoms with van der Waals surface area (Å²) < 4.78 is 7.20. The zero-order chi connectivity index (χ0) is 29.8. The minimum Gasteiger partial charge on any atom is -0.488 e. The van der Waals surface area contributed by atoms with Crippen LogP contribution in [0, 0.1) is 5.92 Å². The number of hydrogen-bond donors (Lipinski definition) is 2. The molecule has 1 saturated heterocycles. The van der Waals surface area contributed by atoms with E-state index < -0.39 is 6.04 Å². The number of amides is 3. The largest absolute Gasteiger partial charge is 0.488 e. The average Bonchev–Trinajstić information content (AvgIpc) is 3.14. The Morgan fingerprint density at radius 2 is 1.79 bits per heavy atom. The highest BCUT2D eigenvalue weighted by Gasteiger charge is 2.36. The maximum atomic E-state index is 14.1. The molecule has 0 radical (unpaired) electrons. The first-order chi connectivity index (χ1) is 20.3. The summed E-state index contributed by atoms with van der Waals surface area (Å²) in [5.74, 6) is -0.584. The zero-order valence-corrected chi connectivity index (χ0v) is 25.6. The third-order valence-electron chi connectivity index (χ3n) is 8.22. The third-order valence-corrected chi connectivity index (χ3v) is 8.91. The van der Waals surface area contributed by atoms with Crippen LogP contribution in [0.1, 0.15) is 36.2 Å². The van der Waals surface area contributed by atoms with Gasteiger partial charge < -0.3 is 25.0 Å². The van der Waals surface area contributed by atoms with Crippen LogP contribution in [0.5, 0.6) is 5.75 Å². The van der Waals surface area contributed by atoms with Crippen molar-refractivity contribution in [1.82, 2.24) is 15.1 Å². The Hall–Kier alpha value is -3.47. The number of rotatable bonds is 8. The average molecular weight is 638 g/mol. The van der Waals surface area contributed by atoms with E-state index in [1.54, 1.807) is 28.0 Å². The monoisotopic (exact) mass is 636 g/mol. The van der Waals surface area contributed by atoms with Gasteiger partial charge in [-0.3, -0.25) is 19.3 Å². The van der Waals surface area contributed by atoms with Gasteiger partial charge in [0.15, 0.2) is 5.75 Å². The van der Waals surface area contributed by atoms with Crippen LogP contribution >= 0.6 is 15.9 Å². The van der Waals surface area contributed by atoms with Crippen LogP contribution in [0.4, 0.5) is 5.69 Å². The normalized spacial score (nSPS) is 18.3. The maximum absolute atomic E-state index is 14.1. The van der Waals surface area contributed by atoms with Gasteiger partial charge in [0.2, 0.25) is 5.91 Å². The number of piperazine rings is 1. The van der Waals surface area contributed by atoms with E-state index in [0.717, 1.165) is 20.8 Å². The van der Waals surface area contributed by atoms with Crippen molar-refractivity contribution in [2.24, 2.45) is 5.92 Å². The highest BCUT2D eigenvalue weighted by molar-refractivity contribution is 9.10. The fraction of sp³-hybridized carbons (Fsp3) is 0.406. The lowest BCUT2D eigenvalue weighted by atomic mass is 10.0. The number of halogens is 1. The molecule has 2 aliphatic heterocycles. The Morgan fingerprint density at radius 1 is 1.05 bits per heavy atom. The first-order valence-corrected chi connectivity index (χ1v) is 15.3. The van der Waals surface area contributed by atoms with Crippen LogP contribution in [0.2, 0.25) is 0 Å². The van der Waals surface area contributed by atoms with E-state index in [9.17, 15) is 19.5 Å². The van der Waals surface area contributed by atoms with Crippen molar-refractivity contribution < 1.29 is 24.2 Å². The predicted molar refractivity (Wildman–Crippen MR) is 166 cm³/mol. The molecule has 0 saturated carbocycles. The third kappa shape index (κ3) is 6.16. The molecule has 3 aromatic carbocycles. The number of nitrogens with zero attached hydrogens (tertiary/aromatic N) is 3. The summed E-state index contributed by atoms with van der Waals surface area (Å²) in [5.41, 5.74) is 1.81. The molecular weight excluding hydrogens is 600 g/mol. The van der Waals surface area contributed by atoms with Gasteiger partial charge in [-0.2, -0.15) is 0 Å². The highest BCUT2D eigenvalue weighted by atomic mass is 79.9. The zero-order valence-electron chi connectivity index (χ0n) is 24.0. The van der Waals surface area contributed by atoms with Crippen LogP contribution < -0.4 is 15.0 Å². The molecular formula is C32H37BrN4O5. The number of para-hydroxylation sites is 1. The number of fused-ring (bicyclic) bond motifs is 2.